The van der Waals surface area contributed by atoms with Crippen LogP contribution in [0.1, 0.15) is 12.0 Å². The lowest BCUT2D eigenvalue weighted by molar-refractivity contribution is -0.124. The standard InChI is InChI=1S/C13H15N5O3S/c19-13(11-3-5-22(20,21)7-11)16-6-10-2-1-4-15-12(10)18-9-14-8-17-18/h1-2,4,8-9,11H,3,5-7H2,(H,16,19)/t11-/m0/s1. The molecule has 1 atom stereocenters. The lowest BCUT2D eigenvalue weighted by Gasteiger charge is -2.11. The van der Waals surface area contributed by atoms with Crippen molar-refractivity contribution in [3.05, 3.63) is 36.5 Å². The number of nitrogens with one attached hydrogen (secondary N) is 1. The number of hydrogen-bond acceptors (Lipinski definition) is 6. The molecule has 0 radical (unpaired) electrons. The molecule has 1 fully saturated rings. The molecule has 1 saturated heterocycles. The van der Waals surface area contributed by atoms with Gasteiger partial charge in [-0.05, 0) is 12.5 Å². The number of rotatable bonds is 4. The Kier molecular flexibility index (Phi) is 3.88. The van der Waals surface area contributed by atoms with E-state index in [1.165, 1.54) is 17.3 Å². The van der Waals surface area contributed by atoms with Crippen molar-refractivity contribution in [2.24, 2.45) is 5.92 Å². The van der Waals surface area contributed by atoms with Crippen molar-refractivity contribution in [2.75, 3.05) is 11.5 Å². The fourth-order valence-corrected chi connectivity index (χ4v) is 4.16. The molecule has 2 aromatic heterocycles. The molecule has 0 aromatic carbocycles. The molecule has 1 amide bonds. The van der Waals surface area contributed by atoms with Gasteiger partial charge in [0.05, 0.1) is 17.4 Å². The molecule has 1 aliphatic heterocycles. The second kappa shape index (κ2) is 5.84. The average molecular weight is 321 g/mol. The van der Waals surface area contributed by atoms with E-state index in [4.69, 9.17) is 0 Å². The molecule has 116 valence electrons. The van der Waals surface area contributed by atoms with Crippen LogP contribution in [0.15, 0.2) is 31.0 Å². The van der Waals surface area contributed by atoms with E-state index in [0.29, 0.717) is 12.2 Å². The highest BCUT2D eigenvalue weighted by molar-refractivity contribution is 7.91. The minimum atomic E-state index is -3.06. The number of carbonyl (C=O) groups excluding carboxylic acids is 1. The quantitative estimate of drug-likeness (QED) is 0.829. The minimum absolute atomic E-state index is 0.0677. The molecule has 1 N–H and O–H groups in total. The van der Waals surface area contributed by atoms with Gasteiger partial charge in [0.1, 0.15) is 12.7 Å². The average Bonchev–Trinajstić information content (AvgIpc) is 3.14. The van der Waals surface area contributed by atoms with Gasteiger partial charge in [-0.25, -0.2) is 23.1 Å². The molecule has 2 aromatic rings. The van der Waals surface area contributed by atoms with Gasteiger partial charge in [-0.1, -0.05) is 6.07 Å². The summed E-state index contributed by atoms with van der Waals surface area (Å²) in [6.07, 6.45) is 4.95. The molecule has 0 spiro atoms. The van der Waals surface area contributed by atoms with E-state index in [-0.39, 0.29) is 24.0 Å². The molecule has 1 aliphatic rings. The lowest BCUT2D eigenvalue weighted by atomic mass is 10.1. The van der Waals surface area contributed by atoms with Crippen molar-refractivity contribution in [1.29, 1.82) is 0 Å². The number of hydrogen-bond donors (Lipinski definition) is 1. The summed E-state index contributed by atoms with van der Waals surface area (Å²) in [5, 5.41) is 6.80. The van der Waals surface area contributed by atoms with Gasteiger partial charge in [0.2, 0.25) is 5.91 Å². The molecular formula is C13H15N5O3S. The van der Waals surface area contributed by atoms with Gasteiger partial charge in [0.15, 0.2) is 15.7 Å². The van der Waals surface area contributed by atoms with Gasteiger partial charge in [-0.2, -0.15) is 5.10 Å². The van der Waals surface area contributed by atoms with Crippen molar-refractivity contribution in [3.8, 4) is 5.82 Å². The van der Waals surface area contributed by atoms with Gasteiger partial charge < -0.3 is 5.32 Å². The Balaban J connectivity index is 1.69. The third kappa shape index (κ3) is 3.14. The minimum Gasteiger partial charge on any atom is -0.352 e. The first-order valence-electron chi connectivity index (χ1n) is 6.82. The van der Waals surface area contributed by atoms with Gasteiger partial charge in [0, 0.05) is 18.3 Å². The SMILES string of the molecule is O=C(NCc1cccnc1-n1cncn1)[C@H]1CCS(=O)(=O)C1. The summed E-state index contributed by atoms with van der Waals surface area (Å²) in [6.45, 7) is 0.262. The molecule has 8 nitrogen and oxygen atoms in total. The summed E-state index contributed by atoms with van der Waals surface area (Å²) < 4.78 is 24.4. The van der Waals surface area contributed by atoms with E-state index in [1.54, 1.807) is 12.3 Å². The number of nitrogens with zero attached hydrogens (tertiary/aromatic N) is 4. The van der Waals surface area contributed by atoms with Crippen LogP contribution in [0.2, 0.25) is 0 Å². The van der Waals surface area contributed by atoms with Crippen LogP contribution in [0.5, 0.6) is 0 Å². The van der Waals surface area contributed by atoms with Gasteiger partial charge in [0.25, 0.3) is 0 Å². The van der Waals surface area contributed by atoms with Crippen LogP contribution in [0.25, 0.3) is 5.82 Å². The van der Waals surface area contributed by atoms with Crippen molar-refractivity contribution in [1.82, 2.24) is 25.1 Å². The topological polar surface area (TPSA) is 107 Å². The number of carbonyl (C=O) groups is 1. The lowest BCUT2D eigenvalue weighted by Crippen LogP contribution is -2.31. The van der Waals surface area contributed by atoms with Crippen LogP contribution in [-0.4, -0.2) is 45.6 Å². The number of amides is 1. The van der Waals surface area contributed by atoms with Gasteiger partial charge in [-0.15, -0.1) is 0 Å². The summed E-state index contributed by atoms with van der Waals surface area (Å²) in [5.74, 6) is -0.102. The van der Waals surface area contributed by atoms with E-state index in [1.807, 2.05) is 6.07 Å². The predicted molar refractivity (Wildman–Crippen MR) is 77.8 cm³/mol. The zero-order valence-electron chi connectivity index (χ0n) is 11.7. The second-order valence-electron chi connectivity index (χ2n) is 5.14. The molecule has 0 unspecified atom stereocenters. The fraction of sp³-hybridized carbons (Fsp3) is 0.385. The Bertz CT molecular complexity index is 773. The normalized spacial score (nSPS) is 19.9. The van der Waals surface area contributed by atoms with Gasteiger partial charge in [-0.3, -0.25) is 4.79 Å². The maximum Gasteiger partial charge on any atom is 0.224 e. The highest BCUT2D eigenvalue weighted by atomic mass is 32.2. The molecule has 3 rings (SSSR count). The number of sulfone groups is 1. The smallest absolute Gasteiger partial charge is 0.224 e. The largest absolute Gasteiger partial charge is 0.352 e. The third-order valence-corrected chi connectivity index (χ3v) is 5.33. The van der Waals surface area contributed by atoms with Crippen molar-refractivity contribution in [2.45, 2.75) is 13.0 Å². The van der Waals surface area contributed by atoms with E-state index in [2.05, 4.69) is 20.4 Å². The van der Waals surface area contributed by atoms with Crippen LogP contribution in [0.3, 0.4) is 0 Å². The molecule has 0 saturated carbocycles. The second-order valence-corrected chi connectivity index (χ2v) is 7.37. The number of pyridine rings is 1. The van der Waals surface area contributed by atoms with Crippen LogP contribution in [-0.2, 0) is 21.2 Å². The first-order chi connectivity index (χ1) is 10.6. The Morgan fingerprint density at radius 3 is 3.00 bits per heavy atom. The first kappa shape index (κ1) is 14.6. The van der Waals surface area contributed by atoms with E-state index >= 15 is 0 Å². The van der Waals surface area contributed by atoms with Crippen LogP contribution >= 0.6 is 0 Å². The number of aromatic nitrogens is 4. The Labute approximate surface area is 127 Å². The zero-order valence-corrected chi connectivity index (χ0v) is 12.5. The molecule has 0 bridgehead atoms. The maximum absolute atomic E-state index is 12.1. The summed E-state index contributed by atoms with van der Waals surface area (Å²) in [7, 11) is -3.06. The van der Waals surface area contributed by atoms with E-state index < -0.39 is 15.8 Å². The van der Waals surface area contributed by atoms with E-state index in [0.717, 1.165) is 5.56 Å². The van der Waals surface area contributed by atoms with Crippen LogP contribution in [0, 0.1) is 5.92 Å². The van der Waals surface area contributed by atoms with E-state index in [9.17, 15) is 13.2 Å². The van der Waals surface area contributed by atoms with Crippen LogP contribution in [0.4, 0.5) is 0 Å². The van der Waals surface area contributed by atoms with Crippen LogP contribution < -0.4 is 5.32 Å². The Hall–Kier alpha value is -2.29. The summed E-state index contributed by atoms with van der Waals surface area (Å²) in [5.41, 5.74) is 0.780. The fourth-order valence-electron chi connectivity index (χ4n) is 2.42. The maximum atomic E-state index is 12.1. The Morgan fingerprint density at radius 1 is 1.45 bits per heavy atom. The molecule has 0 aliphatic carbocycles. The van der Waals surface area contributed by atoms with Crippen molar-refractivity contribution in [3.63, 3.8) is 0 Å². The highest BCUT2D eigenvalue weighted by Crippen LogP contribution is 2.18. The molecular weight excluding hydrogens is 306 g/mol. The predicted octanol–water partition coefficient (Wildman–Crippen LogP) is -0.287. The summed E-state index contributed by atoms with van der Waals surface area (Å²) >= 11 is 0. The summed E-state index contributed by atoms with van der Waals surface area (Å²) in [6, 6.07) is 3.59. The van der Waals surface area contributed by atoms with Crippen molar-refractivity contribution < 1.29 is 13.2 Å². The summed E-state index contributed by atoms with van der Waals surface area (Å²) in [4.78, 5) is 20.2. The molecule has 22 heavy (non-hydrogen) atoms. The monoisotopic (exact) mass is 321 g/mol. The zero-order chi connectivity index (χ0) is 15.6. The Morgan fingerprint density at radius 2 is 2.32 bits per heavy atom. The molecule has 9 heteroatoms. The van der Waals surface area contributed by atoms with Gasteiger partial charge >= 0.3 is 0 Å². The third-order valence-electron chi connectivity index (χ3n) is 3.56. The van der Waals surface area contributed by atoms with Crippen molar-refractivity contribution >= 4 is 15.7 Å². The first-order valence-corrected chi connectivity index (χ1v) is 8.64. The highest BCUT2D eigenvalue weighted by Gasteiger charge is 2.32. The molecule has 3 heterocycles.